The van der Waals surface area contributed by atoms with Gasteiger partial charge in [0.2, 0.25) is 5.91 Å². The Labute approximate surface area is 196 Å². The molecule has 0 radical (unpaired) electrons. The van der Waals surface area contributed by atoms with Crippen molar-refractivity contribution in [2.45, 2.75) is 38.2 Å². The highest BCUT2D eigenvalue weighted by Gasteiger charge is 2.28. The lowest BCUT2D eigenvalue weighted by Gasteiger charge is -2.19. The van der Waals surface area contributed by atoms with Crippen molar-refractivity contribution >= 4 is 17.4 Å². The molecule has 2 heterocycles. The average Bonchev–Trinajstić information content (AvgIpc) is 3.56. The zero-order valence-electron chi connectivity index (χ0n) is 19.0. The number of anilines is 1. The Morgan fingerprint density at radius 3 is 2.56 bits per heavy atom. The van der Waals surface area contributed by atoms with E-state index in [9.17, 15) is 14.3 Å². The summed E-state index contributed by atoms with van der Waals surface area (Å²) in [4.78, 5) is 21.2. The molecule has 0 atom stereocenters. The van der Waals surface area contributed by atoms with Gasteiger partial charge >= 0.3 is 0 Å². The maximum absolute atomic E-state index is 13.5. The van der Waals surface area contributed by atoms with E-state index in [1.807, 2.05) is 22.7 Å². The number of benzene rings is 2. The second-order valence-corrected chi connectivity index (χ2v) is 9.43. The highest BCUT2D eigenvalue weighted by atomic mass is 19.1. The predicted molar refractivity (Wildman–Crippen MR) is 129 cm³/mol. The molecule has 1 fully saturated rings. The van der Waals surface area contributed by atoms with Crippen molar-refractivity contribution in [2.75, 3.05) is 11.9 Å². The highest BCUT2D eigenvalue weighted by Crippen LogP contribution is 2.43. The average molecular weight is 460 g/mol. The number of carbonyl (C=O) groups is 1. The summed E-state index contributed by atoms with van der Waals surface area (Å²) < 4.78 is 15.4. The van der Waals surface area contributed by atoms with Gasteiger partial charge in [-0.2, -0.15) is 0 Å². The van der Waals surface area contributed by atoms with Crippen molar-refractivity contribution in [2.24, 2.45) is 5.73 Å². The minimum absolute atomic E-state index is 0.268. The van der Waals surface area contributed by atoms with Crippen LogP contribution in [0.3, 0.4) is 0 Å². The molecule has 1 aliphatic carbocycles. The third kappa shape index (κ3) is 4.36. The van der Waals surface area contributed by atoms with Crippen molar-refractivity contribution in [3.63, 3.8) is 0 Å². The largest absolute Gasteiger partial charge is 0.389 e. The molecule has 2 aromatic carbocycles. The Hall–Kier alpha value is -3.78. The molecule has 7 nitrogen and oxygen atoms in total. The molecule has 4 N–H and O–H groups in total. The van der Waals surface area contributed by atoms with Crippen LogP contribution in [0.4, 0.5) is 10.2 Å². The molecule has 0 saturated heterocycles. The number of nitrogens with one attached hydrogen (secondary N) is 1. The Morgan fingerprint density at radius 1 is 1.21 bits per heavy atom. The fourth-order valence-corrected chi connectivity index (χ4v) is 4.06. The molecule has 174 valence electrons. The number of amides is 1. The summed E-state index contributed by atoms with van der Waals surface area (Å²) in [7, 11) is 0. The van der Waals surface area contributed by atoms with E-state index in [0.29, 0.717) is 28.6 Å². The van der Waals surface area contributed by atoms with Gasteiger partial charge in [0.25, 0.3) is 0 Å². The van der Waals surface area contributed by atoms with Crippen molar-refractivity contribution in [3.8, 4) is 22.5 Å². The maximum atomic E-state index is 13.5. The Morgan fingerprint density at radius 2 is 1.91 bits per heavy atom. The zero-order chi connectivity index (χ0) is 24.0. The Balaban J connectivity index is 1.66. The van der Waals surface area contributed by atoms with E-state index in [1.165, 1.54) is 12.1 Å². The van der Waals surface area contributed by atoms with Crippen LogP contribution < -0.4 is 11.1 Å². The summed E-state index contributed by atoms with van der Waals surface area (Å²) in [6, 6.07) is 11.8. The maximum Gasteiger partial charge on any atom is 0.248 e. The van der Waals surface area contributed by atoms with E-state index < -0.39 is 11.5 Å². The van der Waals surface area contributed by atoms with Gasteiger partial charge in [0.15, 0.2) is 11.5 Å². The smallest absolute Gasteiger partial charge is 0.248 e. The quantitative estimate of drug-likeness (QED) is 0.381. The lowest BCUT2D eigenvalue weighted by atomic mass is 9.98. The number of nitrogens with two attached hydrogens (primary N) is 1. The minimum atomic E-state index is -0.955. The monoisotopic (exact) mass is 459 g/mol. The van der Waals surface area contributed by atoms with Crippen molar-refractivity contribution in [3.05, 3.63) is 71.8 Å². The molecule has 0 unspecified atom stereocenters. The number of halogens is 1. The van der Waals surface area contributed by atoms with Gasteiger partial charge in [-0.3, -0.25) is 9.20 Å². The first-order valence-electron chi connectivity index (χ1n) is 11.2. The van der Waals surface area contributed by atoms with Gasteiger partial charge < -0.3 is 16.2 Å². The van der Waals surface area contributed by atoms with E-state index in [4.69, 9.17) is 10.7 Å². The van der Waals surface area contributed by atoms with Crippen LogP contribution in [0.1, 0.15) is 48.5 Å². The molecule has 1 aliphatic rings. The van der Waals surface area contributed by atoms with Crippen LogP contribution in [-0.2, 0) is 0 Å². The fraction of sp³-hybridized carbons (Fsp3) is 0.269. The molecule has 0 spiro atoms. The highest BCUT2D eigenvalue weighted by molar-refractivity contribution is 5.95. The van der Waals surface area contributed by atoms with Gasteiger partial charge in [0.05, 0.1) is 23.2 Å². The fourth-order valence-electron chi connectivity index (χ4n) is 4.06. The van der Waals surface area contributed by atoms with E-state index in [1.54, 1.807) is 38.2 Å². The van der Waals surface area contributed by atoms with Crippen molar-refractivity contribution in [1.82, 2.24) is 14.4 Å². The van der Waals surface area contributed by atoms with E-state index in [2.05, 4.69) is 10.3 Å². The molecule has 1 amide bonds. The first-order valence-corrected chi connectivity index (χ1v) is 11.2. The molecule has 8 heteroatoms. The third-order valence-corrected chi connectivity index (χ3v) is 5.95. The van der Waals surface area contributed by atoms with Crippen molar-refractivity contribution < 1.29 is 14.3 Å². The van der Waals surface area contributed by atoms with Crippen LogP contribution in [0, 0.1) is 5.82 Å². The SMILES string of the molecule is CC(C)(O)CNc1nc(-c2ccc(F)cc2)cn2c(-c3ccc(C(N)=O)c(C4CC4)c3)cnc12. The van der Waals surface area contributed by atoms with Gasteiger partial charge in [0, 0.05) is 29.4 Å². The van der Waals surface area contributed by atoms with Crippen LogP contribution in [0.5, 0.6) is 0 Å². The van der Waals surface area contributed by atoms with Crippen molar-refractivity contribution in [1.29, 1.82) is 0 Å². The number of primary amides is 1. The molecule has 34 heavy (non-hydrogen) atoms. The second-order valence-electron chi connectivity index (χ2n) is 9.43. The molecule has 2 aromatic heterocycles. The standard InChI is InChI=1S/C26H26FN5O2/c1-26(2,34)14-30-24-25-29-12-22(17-7-10-19(23(28)33)20(11-17)15-3-4-15)32(25)13-21(31-24)16-5-8-18(27)9-6-16/h5-13,15,34H,3-4,14H2,1-2H3,(H2,28,33)(H,30,31). The van der Waals surface area contributed by atoms with E-state index in [-0.39, 0.29) is 12.4 Å². The van der Waals surface area contributed by atoms with Crippen LogP contribution in [-0.4, -0.2) is 37.5 Å². The number of nitrogens with zero attached hydrogens (tertiary/aromatic N) is 3. The summed E-state index contributed by atoms with van der Waals surface area (Å²) in [5.74, 6) is 0.108. The van der Waals surface area contributed by atoms with Gasteiger partial charge in [-0.1, -0.05) is 6.07 Å². The molecule has 0 aliphatic heterocycles. The number of hydrogen-bond donors (Lipinski definition) is 3. The zero-order valence-corrected chi connectivity index (χ0v) is 19.0. The van der Waals surface area contributed by atoms with Gasteiger partial charge in [-0.05, 0) is 74.6 Å². The summed E-state index contributed by atoms with van der Waals surface area (Å²) in [6.45, 7) is 3.68. The first-order chi connectivity index (χ1) is 16.2. The number of carbonyl (C=O) groups excluding carboxylic acids is 1. The number of hydrogen-bond acceptors (Lipinski definition) is 5. The molecule has 0 bridgehead atoms. The summed E-state index contributed by atoms with van der Waals surface area (Å²) in [5, 5.41) is 13.4. The van der Waals surface area contributed by atoms with Crippen LogP contribution in [0.15, 0.2) is 54.9 Å². The van der Waals surface area contributed by atoms with Gasteiger partial charge in [-0.15, -0.1) is 0 Å². The Kier molecular flexibility index (Phi) is 5.32. The van der Waals surface area contributed by atoms with E-state index >= 15 is 0 Å². The third-order valence-electron chi connectivity index (χ3n) is 5.95. The van der Waals surface area contributed by atoms with Crippen LogP contribution in [0.2, 0.25) is 0 Å². The molecule has 5 rings (SSSR count). The molecule has 1 saturated carbocycles. The van der Waals surface area contributed by atoms with Gasteiger partial charge in [-0.25, -0.2) is 14.4 Å². The molecular formula is C26H26FN5O2. The lowest BCUT2D eigenvalue weighted by Crippen LogP contribution is -2.29. The van der Waals surface area contributed by atoms with Gasteiger partial charge in [0.1, 0.15) is 5.82 Å². The number of fused-ring (bicyclic) bond motifs is 1. The first kappa shape index (κ1) is 22.0. The predicted octanol–water partition coefficient (Wildman–Crippen LogP) is 4.36. The number of aromatic nitrogens is 3. The molecular weight excluding hydrogens is 433 g/mol. The van der Waals surface area contributed by atoms with Crippen LogP contribution >= 0.6 is 0 Å². The second kappa shape index (κ2) is 8.22. The number of aliphatic hydroxyl groups is 1. The molecule has 4 aromatic rings. The number of rotatable bonds is 7. The number of imidazole rings is 1. The summed E-state index contributed by atoms with van der Waals surface area (Å²) in [5.41, 5.74) is 9.87. The minimum Gasteiger partial charge on any atom is -0.389 e. The van der Waals surface area contributed by atoms with Crippen LogP contribution in [0.25, 0.3) is 28.2 Å². The summed E-state index contributed by atoms with van der Waals surface area (Å²) >= 11 is 0. The van der Waals surface area contributed by atoms with E-state index in [0.717, 1.165) is 35.2 Å². The lowest BCUT2D eigenvalue weighted by molar-refractivity contribution is 0.0943. The topological polar surface area (TPSA) is 106 Å². The normalized spacial score (nSPS) is 13.9. The summed E-state index contributed by atoms with van der Waals surface area (Å²) in [6.07, 6.45) is 5.71. The Bertz CT molecular complexity index is 1390.